The van der Waals surface area contributed by atoms with E-state index < -0.39 is 29.9 Å². The fourth-order valence-electron chi connectivity index (χ4n) is 4.46. The SMILES string of the molecule is CCOc1cc([C@@H]2[C@@H]3C(=O)N(c4ccc(Cl)c(Cl)c4)C(=O)[C@@H]3ON2c2ccccc2)cc(Br)c1O. The van der Waals surface area contributed by atoms with Crippen LogP contribution in [0.1, 0.15) is 18.5 Å². The van der Waals surface area contributed by atoms with Crippen molar-refractivity contribution in [1.82, 2.24) is 0 Å². The topological polar surface area (TPSA) is 79.3 Å². The van der Waals surface area contributed by atoms with E-state index in [1.165, 1.54) is 12.1 Å². The van der Waals surface area contributed by atoms with Gasteiger partial charge < -0.3 is 9.84 Å². The number of halogens is 3. The molecule has 35 heavy (non-hydrogen) atoms. The smallest absolute Gasteiger partial charge is 0.266 e. The van der Waals surface area contributed by atoms with Crippen LogP contribution in [-0.4, -0.2) is 29.6 Å². The van der Waals surface area contributed by atoms with Crippen LogP contribution in [0, 0.1) is 5.92 Å². The minimum Gasteiger partial charge on any atom is -0.503 e. The molecule has 10 heteroatoms. The van der Waals surface area contributed by atoms with Crippen LogP contribution >= 0.6 is 39.1 Å². The third-order valence-corrected chi connectivity index (χ3v) is 7.32. The molecule has 2 saturated heterocycles. The summed E-state index contributed by atoms with van der Waals surface area (Å²) in [6.45, 7) is 2.14. The first-order valence-corrected chi connectivity index (χ1v) is 12.4. The average molecular weight is 578 g/mol. The highest BCUT2D eigenvalue weighted by Gasteiger charge is 2.60. The number of imide groups is 1. The molecule has 2 heterocycles. The van der Waals surface area contributed by atoms with Crippen LogP contribution in [0.3, 0.4) is 0 Å². The Morgan fingerprint density at radius 1 is 1.00 bits per heavy atom. The second kappa shape index (κ2) is 9.35. The second-order valence-electron chi connectivity index (χ2n) is 8.05. The molecule has 0 radical (unpaired) electrons. The maximum atomic E-state index is 13.7. The highest BCUT2D eigenvalue weighted by Crippen LogP contribution is 2.50. The van der Waals surface area contributed by atoms with Crippen molar-refractivity contribution in [1.29, 1.82) is 0 Å². The van der Waals surface area contributed by atoms with Crippen molar-refractivity contribution in [2.24, 2.45) is 5.92 Å². The van der Waals surface area contributed by atoms with Crippen LogP contribution in [0.2, 0.25) is 10.0 Å². The third-order valence-electron chi connectivity index (χ3n) is 5.98. The Labute approximate surface area is 219 Å². The molecule has 0 saturated carbocycles. The Morgan fingerprint density at radius 2 is 1.74 bits per heavy atom. The summed E-state index contributed by atoms with van der Waals surface area (Å²) in [5.74, 6) is -1.58. The molecular formula is C25H19BrCl2N2O5. The molecule has 0 unspecified atom stereocenters. The van der Waals surface area contributed by atoms with Gasteiger partial charge in [-0.1, -0.05) is 41.4 Å². The van der Waals surface area contributed by atoms with E-state index in [0.717, 1.165) is 4.90 Å². The predicted molar refractivity (Wildman–Crippen MR) is 136 cm³/mol. The molecule has 1 N–H and O–H groups in total. The molecule has 2 aliphatic heterocycles. The summed E-state index contributed by atoms with van der Waals surface area (Å²) in [5.41, 5.74) is 1.63. The van der Waals surface area contributed by atoms with Crippen LogP contribution in [0.25, 0.3) is 0 Å². The number of benzene rings is 3. The Morgan fingerprint density at radius 3 is 2.43 bits per heavy atom. The number of hydrogen-bond acceptors (Lipinski definition) is 6. The number of aromatic hydroxyl groups is 1. The molecule has 2 aliphatic rings. The summed E-state index contributed by atoms with van der Waals surface area (Å²) in [5, 5.41) is 12.6. The summed E-state index contributed by atoms with van der Waals surface area (Å²) in [4.78, 5) is 34.4. The van der Waals surface area contributed by atoms with Gasteiger partial charge in [-0.05, 0) is 70.9 Å². The van der Waals surface area contributed by atoms with Crippen molar-refractivity contribution in [3.05, 3.63) is 80.7 Å². The largest absolute Gasteiger partial charge is 0.503 e. The molecule has 7 nitrogen and oxygen atoms in total. The number of phenols is 1. The van der Waals surface area contributed by atoms with E-state index in [-0.39, 0.29) is 16.5 Å². The Kier molecular flexibility index (Phi) is 6.40. The number of fused-ring (bicyclic) bond motifs is 1. The van der Waals surface area contributed by atoms with Crippen molar-refractivity contribution in [2.45, 2.75) is 19.1 Å². The molecule has 0 spiro atoms. The van der Waals surface area contributed by atoms with Crippen LogP contribution in [0.15, 0.2) is 65.1 Å². The van der Waals surface area contributed by atoms with Gasteiger partial charge in [0.25, 0.3) is 5.91 Å². The molecule has 0 aliphatic carbocycles. The molecule has 0 aromatic heterocycles. The average Bonchev–Trinajstić information content (AvgIpc) is 3.35. The molecule has 180 valence electrons. The number of para-hydroxylation sites is 1. The number of nitrogens with zero attached hydrogens (tertiary/aromatic N) is 2. The number of hydrogen-bond donors (Lipinski definition) is 1. The van der Waals surface area contributed by atoms with Gasteiger partial charge in [-0.15, -0.1) is 0 Å². The van der Waals surface area contributed by atoms with Gasteiger partial charge in [0.05, 0.1) is 38.5 Å². The number of carbonyl (C=O) groups excluding carboxylic acids is 2. The van der Waals surface area contributed by atoms with E-state index in [2.05, 4.69) is 15.9 Å². The van der Waals surface area contributed by atoms with Gasteiger partial charge in [0, 0.05) is 0 Å². The highest BCUT2D eigenvalue weighted by atomic mass is 79.9. The van der Waals surface area contributed by atoms with E-state index >= 15 is 0 Å². The monoisotopic (exact) mass is 576 g/mol. The maximum absolute atomic E-state index is 13.7. The standard InChI is InChI=1S/C25H19BrCl2N2O5/c1-2-34-19-11-13(10-16(26)22(19)31)21-20-23(35-30(21)14-6-4-3-5-7-14)25(33)29(24(20)32)15-8-9-17(27)18(28)12-15/h3-12,20-21,23,31H,2H2,1H3/t20-,21+,23+/m0/s1. The number of rotatable bonds is 5. The minimum atomic E-state index is -1.05. The highest BCUT2D eigenvalue weighted by molar-refractivity contribution is 9.10. The number of hydroxylamine groups is 1. The van der Waals surface area contributed by atoms with Crippen LogP contribution in [0.5, 0.6) is 11.5 Å². The zero-order valence-electron chi connectivity index (χ0n) is 18.3. The van der Waals surface area contributed by atoms with Crippen molar-refractivity contribution < 1.29 is 24.3 Å². The lowest BCUT2D eigenvalue weighted by molar-refractivity contribution is -0.126. The summed E-state index contributed by atoms with van der Waals surface area (Å²) in [6, 6.07) is 16.5. The number of ether oxygens (including phenoxy) is 1. The molecule has 2 fully saturated rings. The molecule has 0 bridgehead atoms. The summed E-state index contributed by atoms with van der Waals surface area (Å²) < 4.78 is 6.00. The molecule has 5 rings (SSSR count). The van der Waals surface area contributed by atoms with Crippen molar-refractivity contribution >= 4 is 62.3 Å². The van der Waals surface area contributed by atoms with Gasteiger partial charge in [0.2, 0.25) is 5.91 Å². The zero-order valence-corrected chi connectivity index (χ0v) is 21.4. The number of carbonyl (C=O) groups is 2. The van der Waals surface area contributed by atoms with Crippen molar-refractivity contribution in [3.8, 4) is 11.5 Å². The van der Waals surface area contributed by atoms with Gasteiger partial charge in [0.15, 0.2) is 17.6 Å². The third kappa shape index (κ3) is 4.04. The fraction of sp³-hybridized carbons (Fsp3) is 0.200. The van der Waals surface area contributed by atoms with Crippen LogP contribution < -0.4 is 14.7 Å². The molecule has 2 amide bonds. The minimum absolute atomic E-state index is 0.0522. The van der Waals surface area contributed by atoms with Gasteiger partial charge >= 0.3 is 0 Å². The second-order valence-corrected chi connectivity index (χ2v) is 9.72. The van der Waals surface area contributed by atoms with Gasteiger partial charge in [-0.25, -0.2) is 9.96 Å². The van der Waals surface area contributed by atoms with Crippen LogP contribution in [0.4, 0.5) is 11.4 Å². The maximum Gasteiger partial charge on any atom is 0.266 e. The van der Waals surface area contributed by atoms with Crippen molar-refractivity contribution in [2.75, 3.05) is 16.6 Å². The number of amides is 2. The number of phenolic OH excluding ortho intramolecular Hbond substituents is 1. The first kappa shape index (κ1) is 23.9. The van der Waals surface area contributed by atoms with Gasteiger partial charge in [-0.3, -0.25) is 14.4 Å². The van der Waals surface area contributed by atoms with Crippen LogP contribution in [-0.2, 0) is 14.4 Å². The lowest BCUT2D eigenvalue weighted by Crippen LogP contribution is -2.37. The fourth-order valence-corrected chi connectivity index (χ4v) is 5.21. The first-order valence-electron chi connectivity index (χ1n) is 10.8. The van der Waals surface area contributed by atoms with E-state index in [1.807, 2.05) is 30.3 Å². The summed E-state index contributed by atoms with van der Waals surface area (Å²) >= 11 is 15.6. The Balaban J connectivity index is 1.62. The zero-order chi connectivity index (χ0) is 24.9. The predicted octanol–water partition coefficient (Wildman–Crippen LogP) is 5.91. The lowest BCUT2D eigenvalue weighted by Gasteiger charge is -2.29. The summed E-state index contributed by atoms with van der Waals surface area (Å²) in [6.07, 6.45) is -1.05. The van der Waals surface area contributed by atoms with Gasteiger partial charge in [0.1, 0.15) is 5.92 Å². The Bertz CT molecular complexity index is 1320. The molecule has 3 aromatic rings. The first-order chi connectivity index (χ1) is 16.8. The van der Waals surface area contributed by atoms with Crippen molar-refractivity contribution in [3.63, 3.8) is 0 Å². The quantitative estimate of drug-likeness (QED) is 0.380. The van der Waals surface area contributed by atoms with E-state index in [4.69, 9.17) is 32.8 Å². The van der Waals surface area contributed by atoms with E-state index in [0.29, 0.717) is 33.0 Å². The number of anilines is 2. The van der Waals surface area contributed by atoms with Gasteiger partial charge in [-0.2, -0.15) is 0 Å². The Hall–Kier alpha value is -2.78. The molecular weight excluding hydrogens is 559 g/mol. The normalized spacial score (nSPS) is 21.5. The van der Waals surface area contributed by atoms with E-state index in [1.54, 1.807) is 30.2 Å². The summed E-state index contributed by atoms with van der Waals surface area (Å²) in [7, 11) is 0. The molecule has 3 atom stereocenters. The lowest BCUT2D eigenvalue weighted by atomic mass is 9.90. The van der Waals surface area contributed by atoms with E-state index in [9.17, 15) is 14.7 Å². The molecule has 3 aromatic carbocycles.